The third kappa shape index (κ3) is 6.61. The largest absolute Gasteiger partial charge is 0.466 e. The minimum atomic E-state index is -0.638. The molecule has 6 nitrogen and oxygen atoms in total. The Hall–Kier alpha value is -2.21. The third-order valence-electron chi connectivity index (χ3n) is 3.02. The van der Waals surface area contributed by atoms with E-state index in [1.54, 1.807) is 31.2 Å². The van der Waals surface area contributed by atoms with E-state index < -0.39 is 12.0 Å². The highest BCUT2D eigenvalue weighted by Crippen LogP contribution is 2.13. The van der Waals surface area contributed by atoms with Crippen molar-refractivity contribution in [1.82, 2.24) is 5.32 Å². The van der Waals surface area contributed by atoms with Crippen molar-refractivity contribution in [3.05, 3.63) is 29.8 Å². The molecule has 0 aliphatic heterocycles. The van der Waals surface area contributed by atoms with E-state index in [2.05, 4.69) is 10.6 Å². The lowest BCUT2D eigenvalue weighted by molar-refractivity contribution is -0.143. The summed E-state index contributed by atoms with van der Waals surface area (Å²) in [6.07, 6.45) is -0.0156. The molecule has 0 saturated heterocycles. The van der Waals surface area contributed by atoms with Gasteiger partial charge in [0.15, 0.2) is 5.78 Å². The van der Waals surface area contributed by atoms with Crippen molar-refractivity contribution < 1.29 is 19.1 Å². The lowest BCUT2D eigenvalue weighted by Crippen LogP contribution is -2.42. The van der Waals surface area contributed by atoms with Crippen LogP contribution in [0.15, 0.2) is 24.3 Å². The minimum Gasteiger partial charge on any atom is -0.466 e. The Bertz CT molecular complexity index is 552. The van der Waals surface area contributed by atoms with Gasteiger partial charge in [-0.05, 0) is 31.2 Å². The highest BCUT2D eigenvalue weighted by Gasteiger charge is 2.24. The summed E-state index contributed by atoms with van der Waals surface area (Å²) >= 11 is 0. The molecule has 0 saturated carbocycles. The minimum absolute atomic E-state index is 0.0156. The van der Waals surface area contributed by atoms with Crippen LogP contribution in [0.3, 0.4) is 0 Å². The van der Waals surface area contributed by atoms with Crippen molar-refractivity contribution in [2.24, 2.45) is 0 Å². The fourth-order valence-corrected chi connectivity index (χ4v) is 2.14. The topological polar surface area (TPSA) is 84.5 Å². The molecule has 1 aromatic carbocycles. The summed E-state index contributed by atoms with van der Waals surface area (Å²) in [5, 5.41) is 5.74. The first-order chi connectivity index (χ1) is 10.8. The molecule has 0 fully saturated rings. The van der Waals surface area contributed by atoms with Gasteiger partial charge in [-0.3, -0.25) is 14.4 Å². The van der Waals surface area contributed by atoms with Crippen molar-refractivity contribution in [3.8, 4) is 0 Å². The van der Waals surface area contributed by atoms with Crippen LogP contribution >= 0.6 is 0 Å². The first-order valence-electron chi connectivity index (χ1n) is 7.67. The van der Waals surface area contributed by atoms with E-state index in [9.17, 15) is 14.4 Å². The zero-order chi connectivity index (χ0) is 17.4. The van der Waals surface area contributed by atoms with E-state index >= 15 is 0 Å². The molecule has 0 aromatic heterocycles. The summed E-state index contributed by atoms with van der Waals surface area (Å²) in [4.78, 5) is 35.3. The molecule has 1 rings (SSSR count). The number of esters is 1. The van der Waals surface area contributed by atoms with Gasteiger partial charge in [-0.25, -0.2) is 0 Å². The number of anilines is 1. The van der Waals surface area contributed by atoms with E-state index in [0.717, 1.165) is 0 Å². The van der Waals surface area contributed by atoms with Gasteiger partial charge in [0.05, 0.1) is 19.1 Å². The zero-order valence-corrected chi connectivity index (χ0v) is 14.0. The second kappa shape index (κ2) is 9.05. The molecule has 0 aliphatic rings. The van der Waals surface area contributed by atoms with Crippen LogP contribution in [0.25, 0.3) is 0 Å². The number of Topliss-reactive ketones (excluding diaryl/α,β-unsaturated/α-hetero) is 1. The summed E-state index contributed by atoms with van der Waals surface area (Å²) < 4.78 is 4.92. The van der Waals surface area contributed by atoms with Gasteiger partial charge in [0, 0.05) is 24.2 Å². The van der Waals surface area contributed by atoms with Crippen molar-refractivity contribution in [3.63, 3.8) is 0 Å². The number of benzene rings is 1. The lowest BCUT2D eigenvalue weighted by atomic mass is 10.0. The number of rotatable bonds is 8. The predicted octanol–water partition coefficient (Wildman–Crippen LogP) is 2.15. The summed E-state index contributed by atoms with van der Waals surface area (Å²) in [6, 6.07) is 6.00. The van der Waals surface area contributed by atoms with Crippen LogP contribution in [0, 0.1) is 0 Å². The van der Waals surface area contributed by atoms with Crippen LogP contribution in [-0.4, -0.2) is 36.4 Å². The smallest absolute Gasteiger partial charge is 0.307 e. The number of ether oxygens (including phenoxy) is 1. The van der Waals surface area contributed by atoms with E-state index in [1.165, 1.54) is 6.92 Å². The van der Waals surface area contributed by atoms with Crippen LogP contribution in [0.5, 0.6) is 0 Å². The normalized spacial score (nSPS) is 11.9. The lowest BCUT2D eigenvalue weighted by Gasteiger charge is -2.19. The van der Waals surface area contributed by atoms with Crippen LogP contribution in [0.1, 0.15) is 44.5 Å². The molecular weight excluding hydrogens is 296 g/mol. The molecule has 2 N–H and O–H groups in total. The van der Waals surface area contributed by atoms with Crippen molar-refractivity contribution in [2.45, 2.75) is 46.2 Å². The Balaban J connectivity index is 2.86. The van der Waals surface area contributed by atoms with Gasteiger partial charge in [0.2, 0.25) is 5.91 Å². The fourth-order valence-electron chi connectivity index (χ4n) is 2.14. The van der Waals surface area contributed by atoms with E-state index in [4.69, 9.17) is 4.74 Å². The first-order valence-corrected chi connectivity index (χ1v) is 7.67. The molecule has 6 heteroatoms. The summed E-state index contributed by atoms with van der Waals surface area (Å²) in [5.41, 5.74) is 1.09. The quantitative estimate of drug-likeness (QED) is 0.566. The number of hydrogen-bond acceptors (Lipinski definition) is 5. The molecular formula is C17H24N2O4. The molecule has 1 atom stereocenters. The van der Waals surface area contributed by atoms with Gasteiger partial charge in [0.1, 0.15) is 0 Å². The molecule has 0 radical (unpaired) electrons. The standard InChI is InChI=1S/C17H24N2O4/c1-5-23-16(21)10-15(18-11(2)3)17(22)13-6-8-14(9-7-13)19-12(4)20/h6-9,11,15,18H,5,10H2,1-4H3,(H,19,20). The highest BCUT2D eigenvalue weighted by molar-refractivity contribution is 6.02. The maximum absolute atomic E-state index is 12.6. The van der Waals surface area contributed by atoms with Crippen LogP contribution in [0.2, 0.25) is 0 Å². The van der Waals surface area contributed by atoms with Crippen LogP contribution in [0.4, 0.5) is 5.69 Å². The predicted molar refractivity (Wildman–Crippen MR) is 88.4 cm³/mol. The maximum atomic E-state index is 12.6. The number of ketones is 1. The molecule has 1 aromatic rings. The Morgan fingerprint density at radius 3 is 2.22 bits per heavy atom. The van der Waals surface area contributed by atoms with E-state index in [-0.39, 0.29) is 30.8 Å². The van der Waals surface area contributed by atoms with Gasteiger partial charge < -0.3 is 15.4 Å². The Morgan fingerprint density at radius 1 is 1.13 bits per heavy atom. The molecule has 0 spiro atoms. The Labute approximate surface area is 136 Å². The number of carbonyl (C=O) groups excluding carboxylic acids is 3. The third-order valence-corrected chi connectivity index (χ3v) is 3.02. The Kier molecular flexibility index (Phi) is 7.41. The van der Waals surface area contributed by atoms with Gasteiger partial charge in [-0.1, -0.05) is 13.8 Å². The molecule has 0 heterocycles. The SMILES string of the molecule is CCOC(=O)CC(NC(C)C)C(=O)c1ccc(NC(C)=O)cc1. The van der Waals surface area contributed by atoms with Crippen molar-refractivity contribution in [2.75, 3.05) is 11.9 Å². The van der Waals surface area contributed by atoms with Crippen molar-refractivity contribution >= 4 is 23.3 Å². The average Bonchev–Trinajstić information content (AvgIpc) is 2.46. The molecule has 1 amide bonds. The highest BCUT2D eigenvalue weighted by atomic mass is 16.5. The Morgan fingerprint density at radius 2 is 1.74 bits per heavy atom. The molecule has 0 bridgehead atoms. The first kappa shape index (κ1) is 18.8. The number of amides is 1. The molecule has 0 aliphatic carbocycles. The number of hydrogen-bond donors (Lipinski definition) is 2. The molecule has 23 heavy (non-hydrogen) atoms. The second-order valence-corrected chi connectivity index (χ2v) is 5.51. The number of nitrogens with one attached hydrogen (secondary N) is 2. The zero-order valence-electron chi connectivity index (χ0n) is 14.0. The fraction of sp³-hybridized carbons (Fsp3) is 0.471. The van der Waals surface area contributed by atoms with Crippen molar-refractivity contribution in [1.29, 1.82) is 0 Å². The van der Waals surface area contributed by atoms with Crippen LogP contribution in [-0.2, 0) is 14.3 Å². The van der Waals surface area contributed by atoms with Gasteiger partial charge in [0.25, 0.3) is 0 Å². The maximum Gasteiger partial charge on any atom is 0.307 e. The number of carbonyl (C=O) groups is 3. The summed E-state index contributed by atoms with van der Waals surface area (Å²) in [7, 11) is 0. The van der Waals surface area contributed by atoms with Gasteiger partial charge in [-0.15, -0.1) is 0 Å². The monoisotopic (exact) mass is 320 g/mol. The average molecular weight is 320 g/mol. The molecule has 126 valence electrons. The van der Waals surface area contributed by atoms with E-state index in [1.807, 2.05) is 13.8 Å². The van der Waals surface area contributed by atoms with Gasteiger partial charge in [-0.2, -0.15) is 0 Å². The summed E-state index contributed by atoms with van der Waals surface area (Å²) in [5.74, 6) is -0.763. The van der Waals surface area contributed by atoms with Gasteiger partial charge >= 0.3 is 5.97 Å². The van der Waals surface area contributed by atoms with E-state index in [0.29, 0.717) is 11.3 Å². The molecule has 1 unspecified atom stereocenters. The second-order valence-electron chi connectivity index (χ2n) is 5.51. The van der Waals surface area contributed by atoms with Crippen LogP contribution < -0.4 is 10.6 Å². The summed E-state index contributed by atoms with van der Waals surface area (Å²) in [6.45, 7) is 7.25.